The van der Waals surface area contributed by atoms with Gasteiger partial charge in [0.05, 0.1) is 35.6 Å². The highest BCUT2D eigenvalue weighted by Gasteiger charge is 2.31. The summed E-state index contributed by atoms with van der Waals surface area (Å²) in [5.41, 5.74) is -1.17. The molecular formula is C19H14F6N10O. The monoisotopic (exact) mass is 512 g/mol. The molecule has 0 aliphatic rings. The van der Waals surface area contributed by atoms with Crippen LogP contribution in [0.25, 0.3) is 11.4 Å². The Labute approximate surface area is 197 Å². The van der Waals surface area contributed by atoms with Crippen LogP contribution in [0.5, 0.6) is 0 Å². The summed E-state index contributed by atoms with van der Waals surface area (Å²) in [6, 6.07) is 7.56. The first-order valence-corrected chi connectivity index (χ1v) is 9.94. The molecule has 0 bridgehead atoms. The number of nitrogens with one attached hydrogen (secondary N) is 2. The number of carbonyl (C=O) groups is 1. The van der Waals surface area contributed by atoms with E-state index in [4.69, 9.17) is 0 Å². The standard InChI is InChI=1S/C19H14F6N10O/c20-18(21,22)11-1-5-13(6-2-11)34-15(28-30-32-34)9-26-17(36)27-10-16-29-31-33-35(16)14-7-3-12(4-8-14)19(23,24)25/h1-8H,9-10H2,(H2,26,27,36). The Hall–Kier alpha value is -4.57. The van der Waals surface area contributed by atoms with E-state index in [0.29, 0.717) is 0 Å². The fourth-order valence-corrected chi connectivity index (χ4v) is 3.00. The molecule has 0 radical (unpaired) electrons. The summed E-state index contributed by atoms with van der Waals surface area (Å²) in [4.78, 5) is 12.2. The minimum atomic E-state index is -4.49. The average Bonchev–Trinajstić information content (AvgIpc) is 3.50. The molecule has 0 atom stereocenters. The Bertz CT molecular complexity index is 1230. The Morgan fingerprint density at radius 3 is 1.36 bits per heavy atom. The van der Waals surface area contributed by atoms with Gasteiger partial charge < -0.3 is 10.6 Å². The molecule has 0 fully saturated rings. The van der Waals surface area contributed by atoms with Gasteiger partial charge in [-0.3, -0.25) is 0 Å². The quantitative estimate of drug-likeness (QED) is 0.380. The van der Waals surface area contributed by atoms with Gasteiger partial charge in [-0.25, -0.2) is 4.79 Å². The largest absolute Gasteiger partial charge is 0.416 e. The van der Waals surface area contributed by atoms with E-state index in [1.165, 1.54) is 24.3 Å². The van der Waals surface area contributed by atoms with E-state index in [-0.39, 0.29) is 36.1 Å². The van der Waals surface area contributed by atoms with Crippen molar-refractivity contribution in [2.45, 2.75) is 25.4 Å². The molecule has 2 amide bonds. The number of alkyl halides is 6. The summed E-state index contributed by atoms with van der Waals surface area (Å²) in [6.45, 7) is -0.354. The first-order valence-electron chi connectivity index (χ1n) is 9.94. The molecule has 36 heavy (non-hydrogen) atoms. The lowest BCUT2D eigenvalue weighted by Crippen LogP contribution is -2.36. The van der Waals surface area contributed by atoms with Crippen LogP contribution in [0.2, 0.25) is 0 Å². The molecule has 11 nitrogen and oxygen atoms in total. The number of amides is 2. The van der Waals surface area contributed by atoms with Gasteiger partial charge in [-0.05, 0) is 69.4 Å². The van der Waals surface area contributed by atoms with Crippen LogP contribution in [0.1, 0.15) is 22.8 Å². The Morgan fingerprint density at radius 1 is 0.667 bits per heavy atom. The molecule has 2 aromatic carbocycles. The minimum absolute atomic E-state index is 0.138. The number of benzene rings is 2. The van der Waals surface area contributed by atoms with Crippen LogP contribution >= 0.6 is 0 Å². The molecule has 0 aliphatic heterocycles. The van der Waals surface area contributed by atoms with E-state index in [1.807, 2.05) is 0 Å². The van der Waals surface area contributed by atoms with E-state index in [2.05, 4.69) is 41.7 Å². The normalized spacial score (nSPS) is 11.9. The highest BCUT2D eigenvalue weighted by molar-refractivity contribution is 5.73. The van der Waals surface area contributed by atoms with Crippen molar-refractivity contribution >= 4 is 6.03 Å². The van der Waals surface area contributed by atoms with Crippen molar-refractivity contribution in [3.05, 3.63) is 71.3 Å². The predicted octanol–water partition coefficient (Wildman–Crippen LogP) is 2.68. The highest BCUT2D eigenvalue weighted by atomic mass is 19.4. The average molecular weight is 512 g/mol. The summed E-state index contributed by atoms with van der Waals surface area (Å²) in [6.07, 6.45) is -8.98. The number of tetrazole rings is 2. The number of rotatable bonds is 6. The maximum Gasteiger partial charge on any atom is 0.416 e. The van der Waals surface area contributed by atoms with E-state index in [0.717, 1.165) is 33.6 Å². The second-order valence-corrected chi connectivity index (χ2v) is 7.14. The van der Waals surface area contributed by atoms with Crippen molar-refractivity contribution < 1.29 is 31.1 Å². The summed E-state index contributed by atoms with van der Waals surface area (Å²) in [7, 11) is 0. The summed E-state index contributed by atoms with van der Waals surface area (Å²) in [5, 5.41) is 26.8. The van der Waals surface area contributed by atoms with Gasteiger partial charge >= 0.3 is 18.4 Å². The number of nitrogens with zero attached hydrogens (tertiary/aromatic N) is 8. The van der Waals surface area contributed by atoms with Crippen LogP contribution in [0.3, 0.4) is 0 Å². The number of halogens is 6. The molecule has 17 heteroatoms. The molecule has 4 rings (SSSR count). The van der Waals surface area contributed by atoms with E-state index >= 15 is 0 Å². The Balaban J connectivity index is 1.35. The van der Waals surface area contributed by atoms with Crippen molar-refractivity contribution in [1.29, 1.82) is 0 Å². The van der Waals surface area contributed by atoms with Crippen LogP contribution in [0.15, 0.2) is 48.5 Å². The minimum Gasteiger partial charge on any atom is -0.331 e. The lowest BCUT2D eigenvalue weighted by atomic mass is 10.2. The summed E-state index contributed by atoms with van der Waals surface area (Å²) < 4.78 is 78.8. The van der Waals surface area contributed by atoms with Crippen molar-refractivity contribution in [3.8, 4) is 11.4 Å². The van der Waals surface area contributed by atoms with Crippen molar-refractivity contribution in [3.63, 3.8) is 0 Å². The Kier molecular flexibility index (Phi) is 6.54. The zero-order valence-corrected chi connectivity index (χ0v) is 17.8. The third kappa shape index (κ3) is 5.56. The second-order valence-electron chi connectivity index (χ2n) is 7.14. The SMILES string of the molecule is O=C(NCc1nnnn1-c1ccc(C(F)(F)F)cc1)NCc1nnnn1-c1ccc(C(F)(F)F)cc1. The van der Waals surface area contributed by atoms with Crippen LogP contribution in [-0.2, 0) is 25.4 Å². The third-order valence-electron chi connectivity index (χ3n) is 4.76. The second kappa shape index (κ2) is 9.59. The van der Waals surface area contributed by atoms with E-state index in [9.17, 15) is 31.1 Å². The lowest BCUT2D eigenvalue weighted by Gasteiger charge is -2.10. The topological polar surface area (TPSA) is 128 Å². The molecule has 0 unspecified atom stereocenters. The Morgan fingerprint density at radius 2 is 1.03 bits per heavy atom. The number of carbonyl (C=O) groups excluding carboxylic acids is 1. The van der Waals surface area contributed by atoms with Gasteiger partial charge in [-0.1, -0.05) is 0 Å². The van der Waals surface area contributed by atoms with Gasteiger partial charge in [0.2, 0.25) is 0 Å². The van der Waals surface area contributed by atoms with Gasteiger partial charge in [0.1, 0.15) is 0 Å². The predicted molar refractivity (Wildman–Crippen MR) is 107 cm³/mol. The van der Waals surface area contributed by atoms with Crippen LogP contribution in [0.4, 0.5) is 31.1 Å². The first kappa shape index (κ1) is 24.6. The van der Waals surface area contributed by atoms with Crippen molar-refractivity contribution in [2.24, 2.45) is 0 Å². The number of hydrogen-bond acceptors (Lipinski definition) is 7. The molecule has 2 heterocycles. The van der Waals surface area contributed by atoms with Crippen LogP contribution in [0, 0.1) is 0 Å². The van der Waals surface area contributed by atoms with Gasteiger partial charge in [0, 0.05) is 0 Å². The fourth-order valence-electron chi connectivity index (χ4n) is 3.00. The van der Waals surface area contributed by atoms with E-state index in [1.54, 1.807) is 0 Å². The number of aromatic nitrogens is 8. The number of hydrogen-bond donors (Lipinski definition) is 2. The van der Waals surface area contributed by atoms with Gasteiger partial charge in [-0.2, -0.15) is 35.7 Å². The molecule has 188 valence electrons. The molecule has 0 saturated carbocycles. The van der Waals surface area contributed by atoms with Gasteiger partial charge in [0.15, 0.2) is 11.6 Å². The lowest BCUT2D eigenvalue weighted by molar-refractivity contribution is -0.138. The number of urea groups is 1. The zero-order chi connectivity index (χ0) is 25.9. The molecule has 2 N–H and O–H groups in total. The first-order chi connectivity index (χ1) is 17.0. The molecule has 0 saturated heterocycles. The van der Waals surface area contributed by atoms with Crippen LogP contribution < -0.4 is 10.6 Å². The maximum atomic E-state index is 12.7. The zero-order valence-electron chi connectivity index (χ0n) is 17.8. The van der Waals surface area contributed by atoms with Crippen LogP contribution in [-0.4, -0.2) is 46.4 Å². The highest BCUT2D eigenvalue weighted by Crippen LogP contribution is 2.30. The molecule has 4 aromatic rings. The maximum absolute atomic E-state index is 12.7. The van der Waals surface area contributed by atoms with Crippen molar-refractivity contribution in [1.82, 2.24) is 51.0 Å². The summed E-state index contributed by atoms with van der Waals surface area (Å²) >= 11 is 0. The fraction of sp³-hybridized carbons (Fsp3) is 0.211. The smallest absolute Gasteiger partial charge is 0.331 e. The molecular weight excluding hydrogens is 498 g/mol. The van der Waals surface area contributed by atoms with Crippen molar-refractivity contribution in [2.75, 3.05) is 0 Å². The molecule has 0 aliphatic carbocycles. The third-order valence-corrected chi connectivity index (χ3v) is 4.76. The molecule has 0 spiro atoms. The molecule has 2 aromatic heterocycles. The van der Waals surface area contributed by atoms with Gasteiger partial charge in [0.25, 0.3) is 0 Å². The summed E-state index contributed by atoms with van der Waals surface area (Å²) in [5.74, 6) is 0.277. The van der Waals surface area contributed by atoms with E-state index < -0.39 is 29.5 Å². The van der Waals surface area contributed by atoms with Gasteiger partial charge in [-0.15, -0.1) is 10.2 Å².